The van der Waals surface area contributed by atoms with E-state index in [-0.39, 0.29) is 12.4 Å². The number of rotatable bonds is 8. The maximum atomic E-state index is 13.4. The number of aromatic hydroxyl groups is 1. The molecule has 0 heterocycles. The van der Waals surface area contributed by atoms with E-state index in [1.165, 1.54) is 7.11 Å². The molecule has 1 aromatic rings. The van der Waals surface area contributed by atoms with Gasteiger partial charge in [-0.15, -0.1) is 0 Å². The van der Waals surface area contributed by atoms with E-state index in [0.717, 1.165) is 11.6 Å². The van der Waals surface area contributed by atoms with Crippen molar-refractivity contribution in [3.8, 4) is 5.75 Å². The highest BCUT2D eigenvalue weighted by molar-refractivity contribution is 6.76. The lowest BCUT2D eigenvalue weighted by Crippen LogP contribution is -2.51. The summed E-state index contributed by atoms with van der Waals surface area (Å²) in [5.74, 6) is -3.57. The molecule has 34 heavy (non-hydrogen) atoms. The Morgan fingerprint density at radius 2 is 1.76 bits per heavy atom. The first-order valence-electron chi connectivity index (χ1n) is 11.6. The third-order valence-corrected chi connectivity index (χ3v) is 8.04. The van der Waals surface area contributed by atoms with Crippen LogP contribution in [0.2, 0.25) is 25.7 Å². The predicted octanol–water partition coefficient (Wildman–Crippen LogP) is 3.76. The molecule has 10 heteroatoms. The smallest absolute Gasteiger partial charge is 0.427 e. The predicted molar refractivity (Wildman–Crippen MR) is 129 cm³/mol. The summed E-state index contributed by atoms with van der Waals surface area (Å²) < 4.78 is 15.8. The van der Waals surface area contributed by atoms with Crippen LogP contribution >= 0.6 is 0 Å². The van der Waals surface area contributed by atoms with Crippen molar-refractivity contribution in [1.29, 1.82) is 0 Å². The van der Waals surface area contributed by atoms with E-state index in [9.17, 15) is 19.5 Å². The molecule has 9 nitrogen and oxygen atoms in total. The summed E-state index contributed by atoms with van der Waals surface area (Å²) in [5, 5.41) is 14.4. The third-order valence-electron chi connectivity index (χ3n) is 6.34. The second-order valence-corrected chi connectivity index (χ2v) is 15.6. The van der Waals surface area contributed by atoms with Crippen molar-refractivity contribution in [2.24, 2.45) is 16.9 Å². The Kier molecular flexibility index (Phi) is 8.01. The molecule has 1 saturated carbocycles. The van der Waals surface area contributed by atoms with Gasteiger partial charge >= 0.3 is 18.0 Å². The van der Waals surface area contributed by atoms with Crippen molar-refractivity contribution >= 4 is 31.8 Å². The minimum Gasteiger partial charge on any atom is -0.508 e. The molecule has 4 atom stereocenters. The number of hydrazone groups is 1. The van der Waals surface area contributed by atoms with Crippen LogP contribution in [0.25, 0.3) is 0 Å². The Morgan fingerprint density at radius 3 is 2.41 bits per heavy atom. The third kappa shape index (κ3) is 5.60. The van der Waals surface area contributed by atoms with Crippen molar-refractivity contribution in [1.82, 2.24) is 5.43 Å². The van der Waals surface area contributed by atoms with E-state index in [1.54, 1.807) is 18.2 Å². The number of fused-ring (bicyclic) bond motifs is 2. The number of benzene rings is 1. The number of carbonyl (C=O) groups excluding carboxylic acids is 3. The van der Waals surface area contributed by atoms with Crippen molar-refractivity contribution in [2.75, 3.05) is 20.3 Å². The summed E-state index contributed by atoms with van der Waals surface area (Å²) >= 11 is 0. The van der Waals surface area contributed by atoms with Gasteiger partial charge in [0.25, 0.3) is 0 Å². The van der Waals surface area contributed by atoms with Crippen molar-refractivity contribution in [3.05, 3.63) is 29.3 Å². The van der Waals surface area contributed by atoms with Crippen LogP contribution in [0, 0.1) is 11.8 Å². The SMILES string of the molecule is CCCOC(=O)[C@H]1[C@H](C(=O)OCC[Si](C)(C)C)C2CC(=NNC(=O)OC)[C@H]1c1cc(O)ccc12. The van der Waals surface area contributed by atoms with Gasteiger partial charge in [0.1, 0.15) is 5.75 Å². The fraction of sp³-hybridized carbons (Fsp3) is 0.583. The van der Waals surface area contributed by atoms with Crippen LogP contribution < -0.4 is 5.43 Å². The number of carbonyl (C=O) groups is 3. The Balaban J connectivity index is 2.02. The van der Waals surface area contributed by atoms with Gasteiger partial charge in [-0.05, 0) is 42.1 Å². The highest BCUT2D eigenvalue weighted by Gasteiger charge is 2.57. The molecule has 1 aromatic carbocycles. The maximum Gasteiger partial charge on any atom is 0.427 e. The molecule has 186 valence electrons. The monoisotopic (exact) mass is 490 g/mol. The first-order valence-corrected chi connectivity index (χ1v) is 15.3. The van der Waals surface area contributed by atoms with E-state index in [4.69, 9.17) is 9.47 Å². The van der Waals surface area contributed by atoms with Gasteiger partial charge in [-0.25, -0.2) is 10.2 Å². The standard InChI is InChI=1S/C24H34N2O7Si/c1-6-9-32-23(29)21-19-16-12-14(27)7-8-15(16)17(13-18(19)25-26-24(30)31-2)20(21)22(28)33-10-11-34(3,4)5/h7-8,12,17,19-21,27H,6,9-11,13H2,1-5H3,(H,26,30)/t17?,19-,20-,21-/m1/s1. The number of hydrogen-bond acceptors (Lipinski definition) is 8. The minimum atomic E-state index is -1.41. The zero-order chi connectivity index (χ0) is 25.0. The molecule has 3 aliphatic carbocycles. The fourth-order valence-electron chi connectivity index (χ4n) is 4.71. The molecule has 1 unspecified atom stereocenters. The van der Waals surface area contributed by atoms with Crippen LogP contribution in [0.5, 0.6) is 5.75 Å². The molecule has 1 amide bonds. The van der Waals surface area contributed by atoms with Gasteiger partial charge in [-0.3, -0.25) is 9.59 Å². The topological polar surface area (TPSA) is 124 Å². The minimum absolute atomic E-state index is 0.0431. The Hall–Kier alpha value is -2.88. The fourth-order valence-corrected chi connectivity index (χ4v) is 5.43. The number of phenolic OH excluding ortho intramolecular Hbond substituents is 1. The second-order valence-electron chi connectivity index (χ2n) is 10.0. The number of nitrogens with zero attached hydrogens (tertiary/aromatic N) is 1. The zero-order valence-electron chi connectivity index (χ0n) is 20.4. The molecule has 2 N–H and O–H groups in total. The van der Waals surface area contributed by atoms with Gasteiger partial charge in [0.15, 0.2) is 0 Å². The van der Waals surface area contributed by atoms with Crippen LogP contribution in [0.3, 0.4) is 0 Å². The summed E-state index contributed by atoms with van der Waals surface area (Å²) in [6.45, 7) is 9.04. The van der Waals surface area contributed by atoms with E-state index < -0.39 is 49.8 Å². The molecule has 0 spiro atoms. The summed E-state index contributed by atoms with van der Waals surface area (Å²) in [4.78, 5) is 38.3. The highest BCUT2D eigenvalue weighted by Crippen LogP contribution is 2.55. The van der Waals surface area contributed by atoms with Crippen LogP contribution in [0.1, 0.15) is 42.7 Å². The van der Waals surface area contributed by atoms with Gasteiger partial charge in [-0.2, -0.15) is 5.10 Å². The Labute approximate surface area is 200 Å². The van der Waals surface area contributed by atoms with Gasteiger partial charge in [-0.1, -0.05) is 32.6 Å². The molecule has 0 saturated heterocycles. The van der Waals surface area contributed by atoms with E-state index in [0.29, 0.717) is 30.7 Å². The van der Waals surface area contributed by atoms with Crippen LogP contribution in [-0.4, -0.2) is 57.2 Å². The quantitative estimate of drug-likeness (QED) is 0.246. The van der Waals surface area contributed by atoms with Crippen molar-refractivity contribution in [2.45, 2.75) is 57.3 Å². The van der Waals surface area contributed by atoms with E-state index in [2.05, 4.69) is 34.9 Å². The summed E-state index contributed by atoms with van der Waals surface area (Å²) in [6, 6.07) is 5.77. The van der Waals surface area contributed by atoms with E-state index in [1.807, 2.05) is 6.92 Å². The normalized spacial score (nSPS) is 24.3. The number of methoxy groups -OCH3 is 1. The van der Waals surface area contributed by atoms with Gasteiger partial charge in [0.2, 0.25) is 0 Å². The lowest BCUT2D eigenvalue weighted by Gasteiger charge is -2.47. The molecule has 0 radical (unpaired) electrons. The number of amides is 1. The number of ether oxygens (including phenoxy) is 3. The van der Waals surface area contributed by atoms with E-state index >= 15 is 0 Å². The summed E-state index contributed by atoms with van der Waals surface area (Å²) in [5.41, 5.74) is 4.42. The largest absolute Gasteiger partial charge is 0.508 e. The molecule has 0 aromatic heterocycles. The summed E-state index contributed by atoms with van der Waals surface area (Å²) in [6.07, 6.45) is 0.259. The summed E-state index contributed by atoms with van der Waals surface area (Å²) in [7, 11) is -0.185. The molecule has 4 rings (SSSR count). The second kappa shape index (κ2) is 10.6. The number of esters is 2. The van der Waals surface area contributed by atoms with Crippen molar-refractivity contribution in [3.63, 3.8) is 0 Å². The Morgan fingerprint density at radius 1 is 1.09 bits per heavy atom. The van der Waals surface area contributed by atoms with Crippen molar-refractivity contribution < 1.29 is 33.7 Å². The van der Waals surface area contributed by atoms with Gasteiger partial charge in [0, 0.05) is 25.6 Å². The number of nitrogens with one attached hydrogen (secondary N) is 1. The first kappa shape index (κ1) is 25.7. The molecule has 1 fully saturated rings. The van der Waals surface area contributed by atoms with Crippen LogP contribution in [-0.2, 0) is 23.8 Å². The average molecular weight is 491 g/mol. The van der Waals surface area contributed by atoms with Gasteiger partial charge in [0.05, 0.1) is 32.2 Å². The average Bonchev–Trinajstić information content (AvgIpc) is 2.79. The molecular weight excluding hydrogens is 456 g/mol. The lowest BCUT2D eigenvalue weighted by molar-refractivity contribution is -0.163. The zero-order valence-corrected chi connectivity index (χ0v) is 21.4. The highest BCUT2D eigenvalue weighted by atomic mass is 28.3. The van der Waals surface area contributed by atoms with Crippen LogP contribution in [0.4, 0.5) is 4.79 Å². The van der Waals surface area contributed by atoms with Gasteiger partial charge < -0.3 is 19.3 Å². The Bertz CT molecular complexity index is 973. The molecule has 3 aliphatic rings. The molecular formula is C24H34N2O7Si. The van der Waals surface area contributed by atoms with Crippen LogP contribution in [0.15, 0.2) is 23.3 Å². The lowest BCUT2D eigenvalue weighted by atomic mass is 9.55. The number of phenols is 1. The molecule has 2 bridgehead atoms. The molecule has 0 aliphatic heterocycles. The maximum absolute atomic E-state index is 13.4. The first-order chi connectivity index (χ1) is 16.1. The number of hydrogen-bond donors (Lipinski definition) is 2.